The number of ether oxygens (including phenoxy) is 2. The number of hydrogen-bond donors (Lipinski definition) is 0. The average molecular weight is 396 g/mol. The van der Waals surface area contributed by atoms with Gasteiger partial charge in [-0.1, -0.05) is 11.8 Å². The summed E-state index contributed by atoms with van der Waals surface area (Å²) in [5.41, 5.74) is -0.663. The monoisotopic (exact) mass is 396 g/mol. The zero-order valence-electron chi connectivity index (χ0n) is 16.1. The maximum absolute atomic E-state index is 13.1. The molecule has 0 bridgehead atoms. The number of aromatic nitrogens is 2. The molecule has 2 amide bonds. The second-order valence-electron chi connectivity index (χ2n) is 6.86. The fourth-order valence-electron chi connectivity index (χ4n) is 2.61. The van der Waals surface area contributed by atoms with Gasteiger partial charge in [-0.05, 0) is 45.9 Å². The van der Waals surface area contributed by atoms with E-state index in [4.69, 9.17) is 9.47 Å². The topological polar surface area (TPSA) is 102 Å². The minimum absolute atomic E-state index is 0.0821. The van der Waals surface area contributed by atoms with Gasteiger partial charge < -0.3 is 9.47 Å². The zero-order chi connectivity index (χ0) is 20.2. The summed E-state index contributed by atoms with van der Waals surface area (Å²) in [6.07, 6.45) is 3.44. The number of carbonyl (C=O) groups excluding carboxylic acids is 3. The number of thioether (sulfide) groups is 1. The molecule has 2 rings (SSSR count). The third kappa shape index (κ3) is 5.09. The van der Waals surface area contributed by atoms with Crippen LogP contribution in [0.4, 0.5) is 4.79 Å². The van der Waals surface area contributed by atoms with Crippen molar-refractivity contribution in [3.63, 3.8) is 0 Å². The molecular formula is C17H24N4O5S. The molecule has 0 aliphatic carbocycles. The van der Waals surface area contributed by atoms with Crippen LogP contribution in [0.25, 0.3) is 0 Å². The smallest absolute Gasteiger partial charge is 0.429 e. The van der Waals surface area contributed by atoms with Gasteiger partial charge in [0.15, 0.2) is 11.2 Å². The summed E-state index contributed by atoms with van der Waals surface area (Å²) in [4.78, 5) is 46.3. The van der Waals surface area contributed by atoms with E-state index in [2.05, 4.69) is 9.97 Å². The van der Waals surface area contributed by atoms with Gasteiger partial charge in [-0.3, -0.25) is 4.79 Å². The van der Waals surface area contributed by atoms with Crippen LogP contribution in [0.5, 0.6) is 0 Å². The molecule has 1 saturated heterocycles. The first-order chi connectivity index (χ1) is 12.7. The van der Waals surface area contributed by atoms with Gasteiger partial charge in [0.05, 0.1) is 7.11 Å². The Morgan fingerprint density at radius 3 is 2.59 bits per heavy atom. The van der Waals surface area contributed by atoms with Crippen molar-refractivity contribution in [1.29, 1.82) is 0 Å². The standard InChI is InChI=1S/C17H24N4O5S/c1-17(2,3)26-16(24)20-10-6-7-12(14(23)25-4)21(20)13(22)11-8-9-18-15(19-11)27-5/h8-9,12H,6-7,10H2,1-5H3. The Morgan fingerprint density at radius 2 is 2.00 bits per heavy atom. The third-order valence-electron chi connectivity index (χ3n) is 3.72. The highest BCUT2D eigenvalue weighted by Gasteiger charge is 2.42. The first-order valence-corrected chi connectivity index (χ1v) is 9.69. The summed E-state index contributed by atoms with van der Waals surface area (Å²) in [7, 11) is 1.24. The van der Waals surface area contributed by atoms with Gasteiger partial charge in [0.2, 0.25) is 0 Å². The summed E-state index contributed by atoms with van der Waals surface area (Å²) in [5, 5.41) is 2.66. The average Bonchev–Trinajstić information content (AvgIpc) is 2.64. The zero-order valence-corrected chi connectivity index (χ0v) is 16.9. The van der Waals surface area contributed by atoms with Gasteiger partial charge in [-0.15, -0.1) is 0 Å². The van der Waals surface area contributed by atoms with Crippen LogP contribution in [0, 0.1) is 0 Å². The SMILES string of the molecule is COC(=O)C1CCCN(C(=O)OC(C)(C)C)N1C(=O)c1ccnc(SC)n1. The lowest BCUT2D eigenvalue weighted by Crippen LogP contribution is -2.61. The summed E-state index contributed by atoms with van der Waals surface area (Å²) >= 11 is 1.28. The maximum Gasteiger partial charge on any atom is 0.429 e. The lowest BCUT2D eigenvalue weighted by atomic mass is 10.1. The molecule has 1 aliphatic heterocycles. The van der Waals surface area contributed by atoms with E-state index in [0.29, 0.717) is 18.0 Å². The van der Waals surface area contributed by atoms with E-state index in [-0.39, 0.29) is 12.2 Å². The van der Waals surface area contributed by atoms with Crippen molar-refractivity contribution < 1.29 is 23.9 Å². The van der Waals surface area contributed by atoms with Crippen LogP contribution in [0.1, 0.15) is 44.1 Å². The summed E-state index contributed by atoms with van der Waals surface area (Å²) in [6.45, 7) is 5.44. The summed E-state index contributed by atoms with van der Waals surface area (Å²) < 4.78 is 10.2. The van der Waals surface area contributed by atoms with Crippen molar-refractivity contribution in [2.24, 2.45) is 0 Å². The molecule has 1 unspecified atom stereocenters. The lowest BCUT2D eigenvalue weighted by molar-refractivity contribution is -0.155. The highest BCUT2D eigenvalue weighted by atomic mass is 32.2. The number of amides is 2. The molecule has 9 nitrogen and oxygen atoms in total. The largest absolute Gasteiger partial charge is 0.467 e. The Hall–Kier alpha value is -2.36. The first kappa shape index (κ1) is 20.9. The predicted octanol–water partition coefficient (Wildman–Crippen LogP) is 2.13. The molecule has 0 aromatic carbocycles. The Morgan fingerprint density at radius 1 is 1.30 bits per heavy atom. The number of esters is 1. The first-order valence-electron chi connectivity index (χ1n) is 8.46. The number of methoxy groups -OCH3 is 1. The Bertz CT molecular complexity index is 722. The highest BCUT2D eigenvalue weighted by Crippen LogP contribution is 2.24. The van der Waals surface area contributed by atoms with Gasteiger partial charge in [0, 0.05) is 12.7 Å². The van der Waals surface area contributed by atoms with Crippen molar-refractivity contribution in [3.8, 4) is 0 Å². The number of hydrazine groups is 1. The second-order valence-corrected chi connectivity index (χ2v) is 7.64. The van der Waals surface area contributed by atoms with E-state index in [0.717, 1.165) is 10.0 Å². The second kappa shape index (κ2) is 8.55. The third-order valence-corrected chi connectivity index (χ3v) is 4.29. The van der Waals surface area contributed by atoms with E-state index >= 15 is 0 Å². The van der Waals surface area contributed by atoms with Crippen molar-refractivity contribution in [2.75, 3.05) is 19.9 Å². The van der Waals surface area contributed by atoms with E-state index in [1.807, 2.05) is 0 Å². The van der Waals surface area contributed by atoms with Gasteiger partial charge in [0.25, 0.3) is 5.91 Å². The molecule has 1 fully saturated rings. The molecule has 10 heteroatoms. The minimum atomic E-state index is -0.934. The molecule has 0 saturated carbocycles. The van der Waals surface area contributed by atoms with Crippen LogP contribution in [0.3, 0.4) is 0 Å². The Labute approximate surface area is 162 Å². The molecule has 27 heavy (non-hydrogen) atoms. The predicted molar refractivity (Wildman–Crippen MR) is 98.0 cm³/mol. The number of hydrogen-bond acceptors (Lipinski definition) is 8. The summed E-state index contributed by atoms with van der Waals surface area (Å²) in [6, 6.07) is 0.509. The molecule has 1 aromatic heterocycles. The van der Waals surface area contributed by atoms with Gasteiger partial charge >= 0.3 is 12.1 Å². The molecule has 148 valence electrons. The van der Waals surface area contributed by atoms with Crippen LogP contribution >= 0.6 is 11.8 Å². The van der Waals surface area contributed by atoms with Crippen LogP contribution in [-0.4, -0.2) is 69.5 Å². The quantitative estimate of drug-likeness (QED) is 0.435. The molecule has 0 radical (unpaired) electrons. The minimum Gasteiger partial charge on any atom is -0.467 e. The Kier molecular flexibility index (Phi) is 6.63. The number of rotatable bonds is 3. The molecule has 1 aliphatic rings. The highest BCUT2D eigenvalue weighted by molar-refractivity contribution is 7.98. The molecule has 2 heterocycles. The van der Waals surface area contributed by atoms with Gasteiger partial charge in [0.1, 0.15) is 11.3 Å². The van der Waals surface area contributed by atoms with Crippen molar-refractivity contribution in [1.82, 2.24) is 20.0 Å². The van der Waals surface area contributed by atoms with Crippen LogP contribution in [-0.2, 0) is 14.3 Å². The lowest BCUT2D eigenvalue weighted by Gasteiger charge is -2.42. The molecule has 0 N–H and O–H groups in total. The Balaban J connectivity index is 2.41. The van der Waals surface area contributed by atoms with Crippen molar-refractivity contribution in [2.45, 2.75) is 50.4 Å². The molecule has 1 aromatic rings. The van der Waals surface area contributed by atoms with E-state index in [9.17, 15) is 14.4 Å². The van der Waals surface area contributed by atoms with E-state index in [1.54, 1.807) is 27.0 Å². The summed E-state index contributed by atoms with van der Waals surface area (Å²) in [5.74, 6) is -1.19. The van der Waals surface area contributed by atoms with Gasteiger partial charge in [-0.2, -0.15) is 0 Å². The molecule has 0 spiro atoms. The normalized spacial score (nSPS) is 17.4. The van der Waals surface area contributed by atoms with Crippen molar-refractivity contribution in [3.05, 3.63) is 18.0 Å². The molecule has 1 atom stereocenters. The van der Waals surface area contributed by atoms with Crippen LogP contribution < -0.4 is 0 Å². The van der Waals surface area contributed by atoms with E-state index in [1.165, 1.54) is 31.1 Å². The van der Waals surface area contributed by atoms with Gasteiger partial charge in [-0.25, -0.2) is 29.6 Å². The fraction of sp³-hybridized carbons (Fsp3) is 0.588. The van der Waals surface area contributed by atoms with E-state index < -0.39 is 29.6 Å². The van der Waals surface area contributed by atoms with Crippen LogP contribution in [0.15, 0.2) is 17.4 Å². The van der Waals surface area contributed by atoms with Crippen LogP contribution in [0.2, 0.25) is 0 Å². The van der Waals surface area contributed by atoms with Crippen molar-refractivity contribution >= 4 is 29.7 Å². The number of carbonyl (C=O) groups is 3. The fourth-order valence-corrected chi connectivity index (χ4v) is 2.96. The molecular weight excluding hydrogens is 372 g/mol. The maximum atomic E-state index is 13.1. The number of nitrogens with zero attached hydrogens (tertiary/aromatic N) is 4.